The smallest absolute Gasteiger partial charge is 0.241 e. The van der Waals surface area contributed by atoms with E-state index in [2.05, 4.69) is 21.8 Å². The maximum atomic E-state index is 14.0. The van der Waals surface area contributed by atoms with E-state index in [0.717, 1.165) is 41.0 Å². The highest BCUT2D eigenvalue weighted by Crippen LogP contribution is 2.49. The maximum Gasteiger partial charge on any atom is 0.241 e. The van der Waals surface area contributed by atoms with Gasteiger partial charge < -0.3 is 4.90 Å². The van der Waals surface area contributed by atoms with Crippen molar-refractivity contribution in [1.82, 2.24) is 9.71 Å². The largest absolute Gasteiger partial charge is 0.306 e. The molecule has 0 radical (unpaired) electrons. The number of aryl methyl sites for hydroxylation is 2. The van der Waals surface area contributed by atoms with E-state index in [4.69, 9.17) is 11.6 Å². The number of nitrogens with zero attached hydrogens (tertiary/aromatic N) is 2. The van der Waals surface area contributed by atoms with Crippen LogP contribution in [-0.2, 0) is 27.8 Å². The number of benzene rings is 3. The fourth-order valence-corrected chi connectivity index (χ4v) is 7.20. The highest BCUT2D eigenvalue weighted by molar-refractivity contribution is 7.89. The first-order chi connectivity index (χ1) is 19.3. The highest BCUT2D eigenvalue weighted by atomic mass is 35.5. The molecule has 204 valence electrons. The van der Waals surface area contributed by atoms with Crippen molar-refractivity contribution in [3.05, 3.63) is 124 Å². The number of hydrogen-bond donors (Lipinski definition) is 1. The summed E-state index contributed by atoms with van der Waals surface area (Å²) in [5.74, 6) is 0.164. The van der Waals surface area contributed by atoms with Crippen LogP contribution in [0.15, 0.2) is 95.9 Å². The minimum atomic E-state index is -3.78. The van der Waals surface area contributed by atoms with E-state index in [1.807, 2.05) is 66.4 Å². The van der Waals surface area contributed by atoms with Crippen molar-refractivity contribution in [2.45, 2.75) is 49.6 Å². The van der Waals surface area contributed by atoms with Crippen LogP contribution in [0.3, 0.4) is 0 Å². The summed E-state index contributed by atoms with van der Waals surface area (Å²) < 4.78 is 29.2. The summed E-state index contributed by atoms with van der Waals surface area (Å²) in [6.45, 7) is 2.28. The van der Waals surface area contributed by atoms with Crippen molar-refractivity contribution >= 4 is 33.2 Å². The normalized spacial score (nSPS) is 19.7. The van der Waals surface area contributed by atoms with Crippen LogP contribution in [0.5, 0.6) is 0 Å². The standard InChI is InChI=1S/C32H30ClN3O3S/c1-21-7-5-11-25(34-21)20-36(32(37)30-19-28(30)22-8-3-2-4-9-22)26-15-13-23-14-16-31(29(23)18-26)35-40(38,39)27-12-6-10-24(33)17-27/h2-13,15,17-18,28,30-31,35H,14,16,19-20H2,1H3/t28-,30+,31?/m1/s1. The first-order valence-electron chi connectivity index (χ1n) is 13.5. The molecule has 1 fully saturated rings. The number of halogens is 1. The van der Waals surface area contributed by atoms with Crippen molar-refractivity contribution in [3.63, 3.8) is 0 Å². The molecule has 1 unspecified atom stereocenters. The van der Waals surface area contributed by atoms with Gasteiger partial charge in [0, 0.05) is 28.4 Å². The Balaban J connectivity index is 1.30. The average Bonchev–Trinajstić information content (AvgIpc) is 3.67. The van der Waals surface area contributed by atoms with Gasteiger partial charge in [0.25, 0.3) is 0 Å². The van der Waals surface area contributed by atoms with Crippen molar-refractivity contribution in [1.29, 1.82) is 0 Å². The zero-order chi connectivity index (χ0) is 27.9. The monoisotopic (exact) mass is 571 g/mol. The minimum absolute atomic E-state index is 0.0613. The van der Waals surface area contributed by atoms with Crippen molar-refractivity contribution in [2.24, 2.45) is 5.92 Å². The van der Waals surface area contributed by atoms with Gasteiger partial charge in [0.1, 0.15) is 0 Å². The predicted molar refractivity (Wildman–Crippen MR) is 157 cm³/mol. The molecule has 1 saturated carbocycles. The number of carbonyl (C=O) groups excluding carboxylic acids is 1. The molecule has 8 heteroatoms. The second-order valence-corrected chi connectivity index (χ2v) is 12.8. The molecule has 6 nitrogen and oxygen atoms in total. The highest BCUT2D eigenvalue weighted by Gasteiger charge is 2.46. The molecular formula is C32H30ClN3O3S. The van der Waals surface area contributed by atoms with Crippen molar-refractivity contribution in [2.75, 3.05) is 4.90 Å². The first-order valence-corrected chi connectivity index (χ1v) is 15.3. The Kier molecular flexibility index (Phi) is 7.21. The molecule has 3 atom stereocenters. The Morgan fingerprint density at radius 2 is 1.80 bits per heavy atom. The Labute approximate surface area is 240 Å². The number of anilines is 1. The molecule has 1 aromatic heterocycles. The number of aromatic nitrogens is 1. The van der Waals surface area contributed by atoms with Crippen LogP contribution < -0.4 is 9.62 Å². The zero-order valence-electron chi connectivity index (χ0n) is 22.1. The SMILES string of the molecule is Cc1cccc(CN(C(=O)[C@H]2C[C@@H]2c2ccccc2)c2ccc3c(c2)C(NS(=O)(=O)c2cccc(Cl)c2)CC3)n1. The topological polar surface area (TPSA) is 79.4 Å². The molecule has 3 aromatic carbocycles. The number of carbonyl (C=O) groups is 1. The van der Waals surface area contributed by atoms with Crippen LogP contribution in [-0.4, -0.2) is 19.3 Å². The van der Waals surface area contributed by atoms with Gasteiger partial charge in [-0.15, -0.1) is 0 Å². The fourth-order valence-electron chi connectivity index (χ4n) is 5.65. The quantitative estimate of drug-likeness (QED) is 0.267. The van der Waals surface area contributed by atoms with Gasteiger partial charge in [-0.25, -0.2) is 13.1 Å². The molecule has 0 bridgehead atoms. The Bertz CT molecular complexity index is 1680. The molecular weight excluding hydrogens is 542 g/mol. The van der Waals surface area contributed by atoms with E-state index in [1.54, 1.807) is 12.1 Å². The Morgan fingerprint density at radius 3 is 2.58 bits per heavy atom. The maximum absolute atomic E-state index is 14.0. The van der Waals surface area contributed by atoms with E-state index in [9.17, 15) is 13.2 Å². The van der Waals surface area contributed by atoms with E-state index in [0.29, 0.717) is 18.0 Å². The lowest BCUT2D eigenvalue weighted by molar-refractivity contribution is -0.120. The van der Waals surface area contributed by atoms with Crippen LogP contribution >= 0.6 is 11.6 Å². The average molecular weight is 572 g/mol. The molecule has 0 aliphatic heterocycles. The molecule has 0 spiro atoms. The lowest BCUT2D eigenvalue weighted by Gasteiger charge is -2.25. The molecule has 1 amide bonds. The van der Waals surface area contributed by atoms with Crippen LogP contribution in [0, 0.1) is 12.8 Å². The molecule has 0 saturated heterocycles. The van der Waals surface area contributed by atoms with Gasteiger partial charge in [-0.3, -0.25) is 9.78 Å². The van der Waals surface area contributed by atoms with Gasteiger partial charge in [0.05, 0.1) is 17.1 Å². The predicted octanol–water partition coefficient (Wildman–Crippen LogP) is 6.35. The van der Waals surface area contributed by atoms with Crippen LogP contribution in [0.4, 0.5) is 5.69 Å². The van der Waals surface area contributed by atoms with Gasteiger partial charge >= 0.3 is 0 Å². The molecule has 6 rings (SSSR count). The van der Waals surface area contributed by atoms with Gasteiger partial charge in [-0.1, -0.05) is 60.1 Å². The number of sulfonamides is 1. The van der Waals surface area contributed by atoms with Crippen LogP contribution in [0.1, 0.15) is 52.9 Å². The van der Waals surface area contributed by atoms with E-state index >= 15 is 0 Å². The molecule has 4 aromatic rings. The van der Waals surface area contributed by atoms with Crippen molar-refractivity contribution in [3.8, 4) is 0 Å². The number of rotatable bonds is 8. The van der Waals surface area contributed by atoms with Crippen LogP contribution in [0.2, 0.25) is 5.02 Å². The van der Waals surface area contributed by atoms with E-state index < -0.39 is 16.1 Å². The lowest BCUT2D eigenvalue weighted by atomic mass is 10.1. The van der Waals surface area contributed by atoms with Gasteiger partial charge in [0.2, 0.25) is 15.9 Å². The summed E-state index contributed by atoms with van der Waals surface area (Å²) >= 11 is 6.06. The number of pyridine rings is 1. The summed E-state index contributed by atoms with van der Waals surface area (Å²) in [5, 5.41) is 0.366. The Hall–Kier alpha value is -3.52. The third-order valence-corrected chi connectivity index (χ3v) is 9.49. The van der Waals surface area contributed by atoms with Crippen molar-refractivity contribution < 1.29 is 13.2 Å². The van der Waals surface area contributed by atoms with E-state index in [1.165, 1.54) is 17.7 Å². The summed E-state index contributed by atoms with van der Waals surface area (Å²) in [5.41, 5.74) is 5.61. The first kappa shape index (κ1) is 26.7. The molecule has 1 heterocycles. The number of nitrogens with one attached hydrogen (secondary N) is 1. The third kappa shape index (κ3) is 5.55. The summed E-state index contributed by atoms with van der Waals surface area (Å²) in [6, 6.07) is 27.8. The van der Waals surface area contributed by atoms with Crippen LogP contribution in [0.25, 0.3) is 0 Å². The molecule has 2 aliphatic rings. The zero-order valence-corrected chi connectivity index (χ0v) is 23.7. The van der Waals surface area contributed by atoms with E-state index in [-0.39, 0.29) is 22.6 Å². The van der Waals surface area contributed by atoms with Gasteiger partial charge in [-0.05, 0) is 91.3 Å². The number of hydrogen-bond acceptors (Lipinski definition) is 4. The Morgan fingerprint density at radius 1 is 1.00 bits per heavy atom. The summed E-state index contributed by atoms with van der Waals surface area (Å²) in [4.78, 5) is 20.6. The number of amides is 1. The summed E-state index contributed by atoms with van der Waals surface area (Å²) in [7, 11) is -3.78. The van der Waals surface area contributed by atoms with Gasteiger partial charge in [0.15, 0.2) is 0 Å². The molecule has 40 heavy (non-hydrogen) atoms. The minimum Gasteiger partial charge on any atom is -0.306 e. The molecule has 1 N–H and O–H groups in total. The van der Waals surface area contributed by atoms with Gasteiger partial charge in [-0.2, -0.15) is 0 Å². The summed E-state index contributed by atoms with van der Waals surface area (Å²) in [6.07, 6.45) is 2.21. The molecule has 2 aliphatic carbocycles. The number of fused-ring (bicyclic) bond motifs is 1. The lowest BCUT2D eigenvalue weighted by Crippen LogP contribution is -2.33. The third-order valence-electron chi connectivity index (χ3n) is 7.79. The second-order valence-electron chi connectivity index (χ2n) is 10.6. The second kappa shape index (κ2) is 10.8. The fraction of sp³-hybridized carbons (Fsp3) is 0.250.